The van der Waals surface area contributed by atoms with E-state index in [9.17, 15) is 0 Å². The summed E-state index contributed by atoms with van der Waals surface area (Å²) in [5.74, 6) is 0. The second-order valence-electron chi connectivity index (χ2n) is 5.14. The van der Waals surface area contributed by atoms with Gasteiger partial charge in [-0.3, -0.25) is 9.80 Å². The van der Waals surface area contributed by atoms with Crippen molar-refractivity contribution in [1.29, 1.82) is 0 Å². The smallest absolute Gasteiger partial charge is 0.177 e. The van der Waals surface area contributed by atoms with Crippen LogP contribution in [0, 0.1) is 0 Å². The molecule has 4 heteroatoms. The standard InChI is InChI=1S/C10H21ClN2Si/c1-6(2)12-8(5)13(7(3)4)10-9(12)14(10)11/h6-10,14H,1-5H3. The van der Waals surface area contributed by atoms with Gasteiger partial charge >= 0.3 is 0 Å². The molecule has 2 nitrogen and oxygen atoms in total. The second kappa shape index (κ2) is 3.48. The summed E-state index contributed by atoms with van der Waals surface area (Å²) in [4.78, 5) is 5.24. The average Bonchev–Trinajstić information content (AvgIpc) is 2.60. The first-order chi connectivity index (χ1) is 6.46. The van der Waals surface area contributed by atoms with Gasteiger partial charge in [-0.25, -0.2) is 0 Å². The lowest BCUT2D eigenvalue weighted by Crippen LogP contribution is -2.49. The first-order valence-corrected chi connectivity index (χ1v) is 8.73. The number of rotatable bonds is 2. The van der Waals surface area contributed by atoms with Crippen molar-refractivity contribution >= 4 is 19.2 Å². The molecule has 0 aliphatic carbocycles. The van der Waals surface area contributed by atoms with Gasteiger partial charge in [-0.1, -0.05) is 0 Å². The Balaban J connectivity index is 2.17. The van der Waals surface area contributed by atoms with Gasteiger partial charge in [0, 0.05) is 23.4 Å². The highest BCUT2D eigenvalue weighted by molar-refractivity contribution is 7.15. The molecule has 0 spiro atoms. The van der Waals surface area contributed by atoms with Gasteiger partial charge in [-0.2, -0.15) is 11.1 Å². The summed E-state index contributed by atoms with van der Waals surface area (Å²) in [6.45, 7) is 11.5. The maximum atomic E-state index is 6.45. The van der Waals surface area contributed by atoms with E-state index in [1.807, 2.05) is 0 Å². The van der Waals surface area contributed by atoms with Crippen molar-refractivity contribution in [3.63, 3.8) is 0 Å². The van der Waals surface area contributed by atoms with E-state index >= 15 is 0 Å². The van der Waals surface area contributed by atoms with E-state index in [-0.39, 0.29) is 0 Å². The topological polar surface area (TPSA) is 6.48 Å². The van der Waals surface area contributed by atoms with Crippen LogP contribution in [0.5, 0.6) is 0 Å². The van der Waals surface area contributed by atoms with Gasteiger partial charge in [0.1, 0.15) is 0 Å². The van der Waals surface area contributed by atoms with Gasteiger partial charge in [0.2, 0.25) is 0 Å². The molecule has 2 unspecified atom stereocenters. The van der Waals surface area contributed by atoms with Crippen LogP contribution in [0.1, 0.15) is 34.6 Å². The largest absolute Gasteiger partial charge is 0.283 e. The van der Waals surface area contributed by atoms with Crippen LogP contribution < -0.4 is 0 Å². The fraction of sp³-hybridized carbons (Fsp3) is 1.00. The van der Waals surface area contributed by atoms with Crippen LogP contribution >= 0.6 is 11.1 Å². The summed E-state index contributed by atoms with van der Waals surface area (Å²) in [5.41, 5.74) is 1.49. The van der Waals surface area contributed by atoms with E-state index in [1.54, 1.807) is 0 Å². The number of fused-ring (bicyclic) bond motifs is 1. The number of hydrogen-bond donors (Lipinski definition) is 0. The van der Waals surface area contributed by atoms with Gasteiger partial charge in [0.25, 0.3) is 0 Å². The molecule has 2 aliphatic rings. The Kier molecular flexibility index (Phi) is 2.71. The predicted octanol–water partition coefficient (Wildman–Crippen LogP) is 1.56. The maximum Gasteiger partial charge on any atom is 0.177 e. The second-order valence-corrected chi connectivity index (χ2v) is 8.91. The van der Waals surface area contributed by atoms with Gasteiger partial charge in [-0.15, -0.1) is 0 Å². The Morgan fingerprint density at radius 3 is 1.57 bits per heavy atom. The van der Waals surface area contributed by atoms with Gasteiger partial charge in [-0.05, 0) is 34.6 Å². The molecule has 0 aromatic heterocycles. The molecule has 0 saturated carbocycles. The SMILES string of the molecule is CC(C)N1C(C)N(C(C)C)C2C1[SiH]2Cl. The summed E-state index contributed by atoms with van der Waals surface area (Å²) in [5, 5.41) is 0. The van der Waals surface area contributed by atoms with E-state index in [0.29, 0.717) is 18.2 Å². The monoisotopic (exact) mass is 232 g/mol. The molecule has 14 heavy (non-hydrogen) atoms. The van der Waals surface area contributed by atoms with E-state index in [1.165, 1.54) is 0 Å². The lowest BCUT2D eigenvalue weighted by molar-refractivity contribution is 0.0882. The quantitative estimate of drug-likeness (QED) is 0.527. The third kappa shape index (κ3) is 1.37. The first-order valence-electron chi connectivity index (χ1n) is 5.65. The molecule has 0 aromatic carbocycles. The summed E-state index contributed by atoms with van der Waals surface area (Å²) >= 11 is 6.45. The van der Waals surface area contributed by atoms with Gasteiger partial charge in [0.15, 0.2) is 8.11 Å². The van der Waals surface area contributed by atoms with Crippen LogP contribution in [0.2, 0.25) is 0 Å². The maximum absolute atomic E-state index is 6.45. The van der Waals surface area contributed by atoms with Crippen LogP contribution in [0.25, 0.3) is 0 Å². The zero-order chi connectivity index (χ0) is 10.6. The van der Waals surface area contributed by atoms with Gasteiger partial charge < -0.3 is 0 Å². The summed E-state index contributed by atoms with van der Waals surface area (Å²) < 4.78 is 0. The zero-order valence-electron chi connectivity index (χ0n) is 9.74. The Bertz CT molecular complexity index is 212. The third-order valence-corrected chi connectivity index (χ3v) is 7.43. The highest BCUT2D eigenvalue weighted by Gasteiger charge is 2.65. The molecular formula is C10H21ClN2Si. The Hall–Kier alpha value is 0.427. The van der Waals surface area contributed by atoms with Crippen molar-refractivity contribution in [1.82, 2.24) is 9.80 Å². The zero-order valence-corrected chi connectivity index (χ0v) is 11.6. The van der Waals surface area contributed by atoms with Crippen LogP contribution in [0.3, 0.4) is 0 Å². The summed E-state index contributed by atoms with van der Waals surface area (Å²) in [7, 11) is -0.954. The molecule has 82 valence electrons. The number of nitrogens with zero attached hydrogens (tertiary/aromatic N) is 2. The molecule has 2 rings (SSSR count). The third-order valence-electron chi connectivity index (χ3n) is 3.61. The van der Waals surface area contributed by atoms with Crippen molar-refractivity contribution in [2.45, 2.75) is 64.2 Å². The average molecular weight is 233 g/mol. The number of halogens is 1. The molecule has 2 atom stereocenters. The molecule has 0 aromatic rings. The van der Waals surface area contributed by atoms with Crippen LogP contribution in [-0.2, 0) is 0 Å². The molecule has 0 N–H and O–H groups in total. The molecule has 2 fully saturated rings. The van der Waals surface area contributed by atoms with Gasteiger partial charge in [0.05, 0.1) is 6.17 Å². The van der Waals surface area contributed by atoms with Crippen LogP contribution in [0.15, 0.2) is 0 Å². The molecule has 2 saturated heterocycles. The highest BCUT2D eigenvalue weighted by Crippen LogP contribution is 2.45. The van der Waals surface area contributed by atoms with E-state index in [2.05, 4.69) is 44.4 Å². The molecule has 2 aliphatic heterocycles. The molecule has 0 bridgehead atoms. The lowest BCUT2D eigenvalue weighted by atomic mass is 10.3. The van der Waals surface area contributed by atoms with Crippen LogP contribution in [0.4, 0.5) is 0 Å². The van der Waals surface area contributed by atoms with E-state index in [0.717, 1.165) is 11.3 Å². The minimum atomic E-state index is -0.954. The summed E-state index contributed by atoms with van der Waals surface area (Å²) in [6, 6.07) is 1.27. The molecule has 0 radical (unpaired) electrons. The minimum absolute atomic E-state index is 0.590. The lowest BCUT2D eigenvalue weighted by Gasteiger charge is -2.36. The fourth-order valence-electron chi connectivity index (χ4n) is 3.13. The van der Waals surface area contributed by atoms with Crippen molar-refractivity contribution in [3.05, 3.63) is 0 Å². The Morgan fingerprint density at radius 1 is 1.00 bits per heavy atom. The Labute approximate surface area is 93.5 Å². The molecule has 2 heterocycles. The van der Waals surface area contributed by atoms with Crippen molar-refractivity contribution < 1.29 is 0 Å². The van der Waals surface area contributed by atoms with Crippen molar-refractivity contribution in [2.75, 3.05) is 0 Å². The fourth-order valence-corrected chi connectivity index (χ4v) is 8.04. The normalized spacial score (nSPS) is 43.7. The van der Waals surface area contributed by atoms with E-state index < -0.39 is 8.11 Å². The van der Waals surface area contributed by atoms with E-state index in [4.69, 9.17) is 11.1 Å². The summed E-state index contributed by atoms with van der Waals surface area (Å²) in [6.07, 6.45) is 0.590. The van der Waals surface area contributed by atoms with Crippen LogP contribution in [-0.4, -0.2) is 47.5 Å². The minimum Gasteiger partial charge on any atom is -0.283 e. The number of hydrogen-bond acceptors (Lipinski definition) is 2. The van der Waals surface area contributed by atoms with Crippen molar-refractivity contribution in [3.8, 4) is 0 Å². The van der Waals surface area contributed by atoms with Crippen molar-refractivity contribution in [2.24, 2.45) is 0 Å². The Morgan fingerprint density at radius 2 is 1.36 bits per heavy atom. The highest BCUT2D eigenvalue weighted by atomic mass is 35.6. The first kappa shape index (κ1) is 10.9. The predicted molar refractivity (Wildman–Crippen MR) is 64.0 cm³/mol. The molecule has 0 amide bonds. The molecular weight excluding hydrogens is 212 g/mol.